The number of thiophene rings is 1. The van der Waals surface area contributed by atoms with Crippen LogP contribution in [-0.4, -0.2) is 87.5 Å². The quantitative estimate of drug-likeness (QED) is 0.589. The van der Waals surface area contributed by atoms with E-state index in [2.05, 4.69) is 10.3 Å². The molecule has 2 amide bonds. The molecule has 0 radical (unpaired) electrons. The van der Waals surface area contributed by atoms with E-state index in [9.17, 15) is 4.79 Å². The molecule has 2 saturated heterocycles. The third-order valence-corrected chi connectivity index (χ3v) is 7.32. The van der Waals surface area contributed by atoms with Gasteiger partial charge in [-0.1, -0.05) is 0 Å². The molecule has 2 aromatic heterocycles. The standard InChI is InChI=1S/C25H31N5O4S/c1-32-20-15-19-23(22(24(20)33-2)17-4-13-35-16-17)18(26)14-21(27-19)28-5-3-6-29(8-7-28)25(31)30-9-11-34-12-10-30/h4,13-16H,3,5-12H2,1-2H3,(H2,26,27). The maximum absolute atomic E-state index is 13.0. The Kier molecular flexibility index (Phi) is 6.83. The molecule has 0 saturated carbocycles. The molecule has 0 unspecified atom stereocenters. The fourth-order valence-electron chi connectivity index (χ4n) is 4.86. The van der Waals surface area contributed by atoms with Gasteiger partial charge in [-0.2, -0.15) is 11.3 Å². The molecule has 0 bridgehead atoms. The number of ether oxygens (including phenoxy) is 3. The zero-order chi connectivity index (χ0) is 24.4. The lowest BCUT2D eigenvalue weighted by molar-refractivity contribution is 0.0438. The Bertz CT molecular complexity index is 1200. The number of aromatic nitrogens is 1. The van der Waals surface area contributed by atoms with Crippen LogP contribution in [0.1, 0.15) is 6.42 Å². The summed E-state index contributed by atoms with van der Waals surface area (Å²) < 4.78 is 16.8. The second kappa shape index (κ2) is 10.2. The van der Waals surface area contributed by atoms with Crippen molar-refractivity contribution in [3.63, 3.8) is 0 Å². The third kappa shape index (κ3) is 4.55. The van der Waals surface area contributed by atoms with Gasteiger partial charge in [0.1, 0.15) is 5.82 Å². The predicted octanol–water partition coefficient (Wildman–Crippen LogP) is 3.53. The molecule has 5 rings (SSSR count). The molecule has 186 valence electrons. The van der Waals surface area contributed by atoms with Crippen molar-refractivity contribution in [2.24, 2.45) is 0 Å². The van der Waals surface area contributed by atoms with Crippen molar-refractivity contribution in [2.45, 2.75) is 6.42 Å². The topological polar surface area (TPSA) is 93.4 Å². The smallest absolute Gasteiger partial charge is 0.320 e. The van der Waals surface area contributed by atoms with E-state index in [1.165, 1.54) is 0 Å². The second-order valence-electron chi connectivity index (χ2n) is 8.67. The van der Waals surface area contributed by atoms with Gasteiger partial charge in [-0.05, 0) is 28.8 Å². The Morgan fingerprint density at radius 3 is 2.57 bits per heavy atom. The number of urea groups is 1. The van der Waals surface area contributed by atoms with Crippen LogP contribution >= 0.6 is 11.3 Å². The number of nitrogens with zero attached hydrogens (tertiary/aromatic N) is 4. The van der Waals surface area contributed by atoms with E-state index in [-0.39, 0.29) is 6.03 Å². The van der Waals surface area contributed by atoms with Gasteiger partial charge in [-0.25, -0.2) is 9.78 Å². The van der Waals surface area contributed by atoms with Crippen molar-refractivity contribution in [3.8, 4) is 22.6 Å². The van der Waals surface area contributed by atoms with E-state index in [1.807, 2.05) is 33.4 Å². The molecule has 2 fully saturated rings. The number of fused-ring (bicyclic) bond motifs is 1. The number of rotatable bonds is 4. The Labute approximate surface area is 209 Å². The minimum Gasteiger partial charge on any atom is -0.493 e. The number of methoxy groups -OCH3 is 2. The molecular formula is C25H31N5O4S. The van der Waals surface area contributed by atoms with Crippen LogP contribution in [0.15, 0.2) is 29.0 Å². The number of benzene rings is 1. The number of nitrogens with two attached hydrogens (primary N) is 1. The molecule has 3 aromatic rings. The number of carbonyl (C=O) groups excluding carboxylic acids is 1. The first kappa shape index (κ1) is 23.5. The van der Waals surface area contributed by atoms with Gasteiger partial charge in [0.15, 0.2) is 11.5 Å². The Balaban J connectivity index is 1.46. The summed E-state index contributed by atoms with van der Waals surface area (Å²) in [6, 6.07) is 5.96. The highest BCUT2D eigenvalue weighted by Gasteiger charge is 2.26. The summed E-state index contributed by atoms with van der Waals surface area (Å²) in [5, 5.41) is 4.95. The van der Waals surface area contributed by atoms with E-state index < -0.39 is 0 Å². The van der Waals surface area contributed by atoms with Crippen LogP contribution < -0.4 is 20.1 Å². The highest BCUT2D eigenvalue weighted by molar-refractivity contribution is 7.08. The number of nitrogen functional groups attached to an aromatic ring is 1. The summed E-state index contributed by atoms with van der Waals surface area (Å²) in [6.07, 6.45) is 0.863. The van der Waals surface area contributed by atoms with Crippen LogP contribution in [0.3, 0.4) is 0 Å². The van der Waals surface area contributed by atoms with E-state index in [0.29, 0.717) is 56.6 Å². The zero-order valence-electron chi connectivity index (χ0n) is 20.2. The maximum Gasteiger partial charge on any atom is 0.320 e. The van der Waals surface area contributed by atoms with Crippen molar-refractivity contribution in [3.05, 3.63) is 29.0 Å². The highest BCUT2D eigenvalue weighted by Crippen LogP contribution is 2.46. The minimum atomic E-state index is 0.0957. The summed E-state index contributed by atoms with van der Waals surface area (Å²) in [4.78, 5) is 24.0. The largest absolute Gasteiger partial charge is 0.493 e. The maximum atomic E-state index is 13.0. The van der Waals surface area contributed by atoms with Crippen LogP contribution in [-0.2, 0) is 4.74 Å². The summed E-state index contributed by atoms with van der Waals surface area (Å²) >= 11 is 1.61. The summed E-state index contributed by atoms with van der Waals surface area (Å²) in [5.74, 6) is 2.06. The van der Waals surface area contributed by atoms with E-state index in [1.54, 1.807) is 25.6 Å². The van der Waals surface area contributed by atoms with E-state index in [0.717, 1.165) is 47.4 Å². The molecule has 2 aliphatic rings. The Morgan fingerprint density at radius 1 is 1.06 bits per heavy atom. The second-order valence-corrected chi connectivity index (χ2v) is 9.45. The lowest BCUT2D eigenvalue weighted by atomic mass is 9.99. The number of hydrogen-bond acceptors (Lipinski definition) is 8. The molecular weight excluding hydrogens is 466 g/mol. The monoisotopic (exact) mass is 497 g/mol. The molecule has 4 heterocycles. The minimum absolute atomic E-state index is 0.0957. The first-order chi connectivity index (χ1) is 17.1. The number of morpholine rings is 1. The highest BCUT2D eigenvalue weighted by atomic mass is 32.1. The molecule has 1 aromatic carbocycles. The molecule has 35 heavy (non-hydrogen) atoms. The lowest BCUT2D eigenvalue weighted by Crippen LogP contribution is -2.49. The first-order valence-electron chi connectivity index (χ1n) is 11.8. The SMILES string of the molecule is COc1cc2nc(N3CCCN(C(=O)N4CCOCC4)CC3)cc(N)c2c(-c2ccsc2)c1OC. The summed E-state index contributed by atoms with van der Waals surface area (Å²) in [7, 11) is 3.27. The van der Waals surface area contributed by atoms with Gasteiger partial charge in [0, 0.05) is 68.0 Å². The average molecular weight is 498 g/mol. The summed E-state index contributed by atoms with van der Waals surface area (Å²) in [5.41, 5.74) is 9.95. The van der Waals surface area contributed by atoms with Crippen LogP contribution in [0, 0.1) is 0 Å². The van der Waals surface area contributed by atoms with Gasteiger partial charge in [-0.3, -0.25) is 0 Å². The van der Waals surface area contributed by atoms with Gasteiger partial charge in [0.2, 0.25) is 0 Å². The van der Waals surface area contributed by atoms with Gasteiger partial charge >= 0.3 is 6.03 Å². The number of pyridine rings is 1. The predicted molar refractivity (Wildman–Crippen MR) is 139 cm³/mol. The molecule has 10 heteroatoms. The van der Waals surface area contributed by atoms with Crippen LogP contribution in [0.5, 0.6) is 11.5 Å². The normalized spacial score (nSPS) is 16.9. The fourth-order valence-corrected chi connectivity index (χ4v) is 5.51. The Morgan fingerprint density at radius 2 is 1.86 bits per heavy atom. The number of carbonyl (C=O) groups is 1. The van der Waals surface area contributed by atoms with Crippen LogP contribution in [0.4, 0.5) is 16.3 Å². The molecule has 0 aliphatic carbocycles. The fraction of sp³-hybridized carbons (Fsp3) is 0.440. The third-order valence-electron chi connectivity index (χ3n) is 6.64. The van der Waals surface area contributed by atoms with E-state index >= 15 is 0 Å². The zero-order valence-corrected chi connectivity index (χ0v) is 21.0. The van der Waals surface area contributed by atoms with Crippen LogP contribution in [0.25, 0.3) is 22.0 Å². The van der Waals surface area contributed by atoms with Crippen LogP contribution in [0.2, 0.25) is 0 Å². The van der Waals surface area contributed by atoms with E-state index in [4.69, 9.17) is 24.9 Å². The number of amides is 2. The average Bonchev–Trinajstić information content (AvgIpc) is 3.31. The van der Waals surface area contributed by atoms with Gasteiger partial charge in [0.25, 0.3) is 0 Å². The van der Waals surface area contributed by atoms with Crippen molar-refractivity contribution >= 4 is 39.8 Å². The molecule has 9 nitrogen and oxygen atoms in total. The van der Waals surface area contributed by atoms with Crippen molar-refractivity contribution in [1.29, 1.82) is 0 Å². The van der Waals surface area contributed by atoms with Gasteiger partial charge in [0.05, 0.1) is 33.0 Å². The van der Waals surface area contributed by atoms with Gasteiger partial charge in [-0.15, -0.1) is 0 Å². The first-order valence-corrected chi connectivity index (χ1v) is 12.8. The molecule has 0 spiro atoms. The number of hydrogen-bond donors (Lipinski definition) is 1. The molecule has 2 N–H and O–H groups in total. The van der Waals surface area contributed by atoms with Gasteiger partial charge < -0.3 is 34.6 Å². The summed E-state index contributed by atoms with van der Waals surface area (Å²) in [6.45, 7) is 5.37. The lowest BCUT2D eigenvalue weighted by Gasteiger charge is -2.32. The number of anilines is 2. The van der Waals surface area contributed by atoms with Crippen molar-refractivity contribution < 1.29 is 19.0 Å². The molecule has 2 aliphatic heterocycles. The Hall–Kier alpha value is -3.24. The molecule has 0 atom stereocenters. The van der Waals surface area contributed by atoms with Crippen molar-refractivity contribution in [2.75, 3.05) is 77.3 Å². The van der Waals surface area contributed by atoms with Crippen molar-refractivity contribution in [1.82, 2.24) is 14.8 Å².